The maximum absolute atomic E-state index is 3.56. The molecule has 1 aliphatic rings. The molecule has 2 rings (SSSR count). The Bertz CT molecular complexity index is 419. The third kappa shape index (κ3) is 3.54. The Morgan fingerprint density at radius 3 is 2.65 bits per heavy atom. The van der Waals surface area contributed by atoms with Crippen LogP contribution < -0.4 is 10.2 Å². The van der Waals surface area contributed by atoms with E-state index in [1.54, 1.807) is 0 Å². The molecule has 2 heteroatoms. The highest BCUT2D eigenvalue weighted by Gasteiger charge is 2.32. The van der Waals surface area contributed by atoms with Crippen LogP contribution in [-0.4, -0.2) is 26.2 Å². The van der Waals surface area contributed by atoms with Gasteiger partial charge in [0.2, 0.25) is 0 Å². The number of para-hydroxylation sites is 1. The minimum atomic E-state index is 0.353. The topological polar surface area (TPSA) is 15.3 Å². The van der Waals surface area contributed by atoms with Crippen molar-refractivity contribution in [1.29, 1.82) is 0 Å². The van der Waals surface area contributed by atoms with Gasteiger partial charge in [-0.25, -0.2) is 0 Å². The van der Waals surface area contributed by atoms with Crippen molar-refractivity contribution in [2.75, 3.05) is 31.1 Å². The van der Waals surface area contributed by atoms with Gasteiger partial charge in [0.1, 0.15) is 0 Å². The van der Waals surface area contributed by atoms with E-state index in [-0.39, 0.29) is 0 Å². The molecule has 1 heterocycles. The maximum atomic E-state index is 3.56. The van der Waals surface area contributed by atoms with Crippen molar-refractivity contribution in [2.24, 2.45) is 11.3 Å². The van der Waals surface area contributed by atoms with Gasteiger partial charge in [0.15, 0.2) is 0 Å². The average molecular weight is 274 g/mol. The van der Waals surface area contributed by atoms with Gasteiger partial charge in [0.25, 0.3) is 0 Å². The lowest BCUT2D eigenvalue weighted by Gasteiger charge is -2.41. The summed E-state index contributed by atoms with van der Waals surface area (Å²) in [6.45, 7) is 13.9. The van der Waals surface area contributed by atoms with Gasteiger partial charge >= 0.3 is 0 Å². The molecule has 0 aromatic heterocycles. The van der Waals surface area contributed by atoms with Gasteiger partial charge in [-0.1, -0.05) is 32.0 Å². The zero-order valence-corrected chi connectivity index (χ0v) is 13.6. The fourth-order valence-corrected chi connectivity index (χ4v) is 3.43. The largest absolute Gasteiger partial charge is 0.371 e. The molecule has 1 aromatic rings. The Kier molecular flexibility index (Phi) is 5.09. The molecule has 0 bridgehead atoms. The molecule has 1 N–H and O–H groups in total. The van der Waals surface area contributed by atoms with Crippen LogP contribution >= 0.6 is 0 Å². The molecule has 2 nitrogen and oxygen atoms in total. The van der Waals surface area contributed by atoms with Crippen LogP contribution in [0.3, 0.4) is 0 Å². The Labute approximate surface area is 124 Å². The van der Waals surface area contributed by atoms with E-state index in [1.165, 1.54) is 37.2 Å². The number of nitrogens with zero attached hydrogens (tertiary/aromatic N) is 1. The first-order valence-corrected chi connectivity index (χ1v) is 8.06. The van der Waals surface area contributed by atoms with E-state index in [1.807, 2.05) is 0 Å². The van der Waals surface area contributed by atoms with Crippen LogP contribution in [0.1, 0.15) is 39.2 Å². The third-order valence-electron chi connectivity index (χ3n) is 4.84. The summed E-state index contributed by atoms with van der Waals surface area (Å²) in [5, 5.41) is 3.56. The highest BCUT2D eigenvalue weighted by Crippen LogP contribution is 2.34. The molecule has 1 unspecified atom stereocenters. The number of anilines is 1. The Balaban J connectivity index is 2.10. The predicted molar refractivity (Wildman–Crippen MR) is 88.4 cm³/mol. The summed E-state index contributed by atoms with van der Waals surface area (Å²) in [6.07, 6.45) is 2.69. The molecule has 0 spiro atoms. The standard InChI is InChI=1S/C18H30N2/c1-5-20(17-11-7-6-9-15(17)2)14-18(3,4)16-10-8-12-19-13-16/h6-7,9,11,16,19H,5,8,10,12-14H2,1-4H3. The van der Waals surface area contributed by atoms with Crippen LogP contribution in [-0.2, 0) is 0 Å². The molecule has 0 aliphatic carbocycles. The van der Waals surface area contributed by atoms with Gasteiger partial charge < -0.3 is 10.2 Å². The van der Waals surface area contributed by atoms with Crippen molar-refractivity contribution >= 4 is 5.69 Å². The number of aryl methyl sites for hydroxylation is 1. The number of rotatable bonds is 5. The summed E-state index contributed by atoms with van der Waals surface area (Å²) in [4.78, 5) is 2.55. The fourth-order valence-electron chi connectivity index (χ4n) is 3.43. The van der Waals surface area contributed by atoms with Gasteiger partial charge in [-0.2, -0.15) is 0 Å². The molecular formula is C18H30N2. The smallest absolute Gasteiger partial charge is 0.0395 e. The zero-order valence-electron chi connectivity index (χ0n) is 13.6. The molecule has 1 atom stereocenters. The molecule has 1 saturated heterocycles. The van der Waals surface area contributed by atoms with E-state index in [9.17, 15) is 0 Å². The predicted octanol–water partition coefficient (Wildman–Crippen LogP) is 3.85. The maximum Gasteiger partial charge on any atom is 0.0395 e. The van der Waals surface area contributed by atoms with Crippen molar-refractivity contribution in [3.05, 3.63) is 29.8 Å². The lowest BCUT2D eigenvalue weighted by atomic mass is 9.74. The van der Waals surface area contributed by atoms with E-state index >= 15 is 0 Å². The van der Waals surface area contributed by atoms with E-state index < -0.39 is 0 Å². The van der Waals surface area contributed by atoms with E-state index in [2.05, 4.69) is 62.2 Å². The summed E-state index contributed by atoms with van der Waals surface area (Å²) >= 11 is 0. The molecular weight excluding hydrogens is 244 g/mol. The number of benzene rings is 1. The van der Waals surface area contributed by atoms with Crippen molar-refractivity contribution in [3.63, 3.8) is 0 Å². The summed E-state index contributed by atoms with van der Waals surface area (Å²) in [7, 11) is 0. The second-order valence-electron chi connectivity index (χ2n) is 6.83. The molecule has 1 aliphatic heterocycles. The van der Waals surface area contributed by atoms with Crippen molar-refractivity contribution in [3.8, 4) is 0 Å². The number of hydrogen-bond acceptors (Lipinski definition) is 2. The fraction of sp³-hybridized carbons (Fsp3) is 0.667. The van der Waals surface area contributed by atoms with E-state index in [4.69, 9.17) is 0 Å². The van der Waals surface area contributed by atoms with Crippen molar-refractivity contribution in [2.45, 2.75) is 40.5 Å². The normalized spacial score (nSPS) is 19.9. The minimum Gasteiger partial charge on any atom is -0.371 e. The molecule has 1 aromatic carbocycles. The Morgan fingerprint density at radius 1 is 1.30 bits per heavy atom. The SMILES string of the molecule is CCN(CC(C)(C)C1CCCNC1)c1ccccc1C. The van der Waals surface area contributed by atoms with Crippen LogP contribution in [0.5, 0.6) is 0 Å². The second-order valence-corrected chi connectivity index (χ2v) is 6.83. The van der Waals surface area contributed by atoms with Gasteiger partial charge in [-0.05, 0) is 62.7 Å². The van der Waals surface area contributed by atoms with E-state index in [0.717, 1.165) is 19.0 Å². The molecule has 1 fully saturated rings. The first kappa shape index (κ1) is 15.4. The van der Waals surface area contributed by atoms with Crippen LogP contribution in [0.2, 0.25) is 0 Å². The van der Waals surface area contributed by atoms with E-state index in [0.29, 0.717) is 5.41 Å². The molecule has 0 saturated carbocycles. The van der Waals surface area contributed by atoms with Crippen molar-refractivity contribution in [1.82, 2.24) is 5.32 Å². The zero-order chi connectivity index (χ0) is 14.6. The summed E-state index contributed by atoms with van der Waals surface area (Å²) in [5.41, 5.74) is 3.13. The van der Waals surface area contributed by atoms with Crippen LogP contribution in [0.25, 0.3) is 0 Å². The summed E-state index contributed by atoms with van der Waals surface area (Å²) in [6, 6.07) is 8.75. The number of nitrogens with one attached hydrogen (secondary N) is 1. The molecule has 0 amide bonds. The Morgan fingerprint density at radius 2 is 2.05 bits per heavy atom. The summed E-state index contributed by atoms with van der Waals surface area (Å²) in [5.74, 6) is 0.786. The molecule has 112 valence electrons. The molecule has 0 radical (unpaired) electrons. The lowest BCUT2D eigenvalue weighted by Crippen LogP contribution is -2.45. The molecule has 20 heavy (non-hydrogen) atoms. The van der Waals surface area contributed by atoms with Gasteiger partial charge in [0, 0.05) is 18.8 Å². The monoisotopic (exact) mass is 274 g/mol. The first-order valence-electron chi connectivity index (χ1n) is 8.06. The first-order chi connectivity index (χ1) is 9.54. The van der Waals surface area contributed by atoms with Crippen LogP contribution in [0.4, 0.5) is 5.69 Å². The number of piperidine rings is 1. The average Bonchev–Trinajstić information content (AvgIpc) is 2.46. The third-order valence-corrected chi connectivity index (χ3v) is 4.84. The highest BCUT2D eigenvalue weighted by atomic mass is 15.1. The lowest BCUT2D eigenvalue weighted by molar-refractivity contribution is 0.176. The summed E-state index contributed by atoms with van der Waals surface area (Å²) < 4.78 is 0. The van der Waals surface area contributed by atoms with Gasteiger partial charge in [0.05, 0.1) is 0 Å². The quantitative estimate of drug-likeness (QED) is 0.877. The number of hydrogen-bond donors (Lipinski definition) is 1. The van der Waals surface area contributed by atoms with Gasteiger partial charge in [-0.3, -0.25) is 0 Å². The Hall–Kier alpha value is -1.02. The minimum absolute atomic E-state index is 0.353. The van der Waals surface area contributed by atoms with Crippen LogP contribution in [0.15, 0.2) is 24.3 Å². The highest BCUT2D eigenvalue weighted by molar-refractivity contribution is 5.53. The second kappa shape index (κ2) is 6.62. The van der Waals surface area contributed by atoms with Crippen molar-refractivity contribution < 1.29 is 0 Å². The van der Waals surface area contributed by atoms with Crippen LogP contribution in [0, 0.1) is 18.3 Å². The van der Waals surface area contributed by atoms with Gasteiger partial charge in [-0.15, -0.1) is 0 Å².